The fourth-order valence-corrected chi connectivity index (χ4v) is 20.2. The number of carboxylic acids is 2. The average molecular weight is 1970 g/mol. The first kappa shape index (κ1) is 110. The van der Waals surface area contributed by atoms with Crippen LogP contribution in [0.25, 0.3) is 27.5 Å². The van der Waals surface area contributed by atoms with Crippen molar-refractivity contribution in [3.63, 3.8) is 0 Å². The fourth-order valence-electron chi connectivity index (χ4n) is 19.1. The number of nitrogens with two attached hydrogens (primary N) is 7. The van der Waals surface area contributed by atoms with Crippen molar-refractivity contribution < 1.29 is 124 Å². The quantitative estimate of drug-likeness (QED) is 0.0196. The Morgan fingerprint density at radius 2 is 1.38 bits per heavy atom. The number of pyridine rings is 1. The van der Waals surface area contributed by atoms with Gasteiger partial charge in [-0.15, -0.1) is 0 Å². The number of aliphatic hydroxyl groups is 4. The number of amides is 8. The third kappa shape index (κ3) is 24.5. The molecule has 2 aromatic carbocycles. The number of carboxylic acid groups (broad SMARTS) is 2. The number of carbonyl (C=O) groups is 10. The van der Waals surface area contributed by atoms with E-state index in [1.165, 1.54) is 42.3 Å². The molecule has 2 saturated heterocycles. The van der Waals surface area contributed by atoms with Gasteiger partial charge in [0.1, 0.15) is 30.1 Å². The normalized spacial score (nSPS) is 26.1. The minimum absolute atomic E-state index is 0. The summed E-state index contributed by atoms with van der Waals surface area (Å²) in [7, 11) is -5.32. The maximum Gasteiger partial charge on any atom is 3.00 e. The smallest absolute Gasteiger partial charge is 0.756 e. The number of aryl methyl sites for hydroxylation is 3. The van der Waals surface area contributed by atoms with Crippen LogP contribution in [-0.2, 0) is 98.0 Å². The summed E-state index contributed by atoms with van der Waals surface area (Å²) in [6, 6.07) is 7.52. The third-order valence-corrected chi connectivity index (χ3v) is 27.7. The largest absolute Gasteiger partial charge is 3.00 e. The molecule has 137 heavy (non-hydrogen) atoms. The van der Waals surface area contributed by atoms with Crippen LogP contribution >= 0.6 is 7.82 Å². The van der Waals surface area contributed by atoms with Gasteiger partial charge >= 0.3 is 28.7 Å². The van der Waals surface area contributed by atoms with Gasteiger partial charge in [-0.2, -0.15) is 10.7 Å². The van der Waals surface area contributed by atoms with Gasteiger partial charge in [0.2, 0.25) is 47.3 Å². The Morgan fingerprint density at radius 1 is 0.759 bits per heavy atom. The van der Waals surface area contributed by atoms with Crippen LogP contribution in [0.5, 0.6) is 5.75 Å². The zero-order valence-electron chi connectivity index (χ0n) is 77.8. The number of hydrogen-bond acceptors (Lipinski definition) is 32. The van der Waals surface area contributed by atoms with E-state index in [2.05, 4.69) is 45.9 Å². The number of aromatic amines is 1. The van der Waals surface area contributed by atoms with Crippen molar-refractivity contribution in [1.29, 1.82) is 5.26 Å². The second kappa shape index (κ2) is 45.1. The molecule has 12 rings (SSSR count). The van der Waals surface area contributed by atoms with Crippen LogP contribution in [0.4, 0.5) is 11.6 Å². The molecule has 6 aromatic rings. The number of carbonyl (C=O) groups excluding carboxylic acids is 8. The van der Waals surface area contributed by atoms with Gasteiger partial charge in [0.25, 0.3) is 19.3 Å². The Balaban J connectivity index is 0.000000399. The van der Waals surface area contributed by atoms with Crippen molar-refractivity contribution in [1.82, 2.24) is 45.1 Å². The van der Waals surface area contributed by atoms with Gasteiger partial charge in [-0.1, -0.05) is 40.7 Å². The minimum Gasteiger partial charge on any atom is -0.756 e. The molecule has 0 aliphatic carbocycles. The van der Waals surface area contributed by atoms with Crippen molar-refractivity contribution in [2.24, 2.45) is 94.7 Å². The zero-order valence-corrected chi connectivity index (χ0v) is 79.7. The fraction of sp³-hybridized carbons (Fsp3) is 0.511. The number of aliphatic hydroxyl groups excluding tert-OH is 4. The number of anilines is 2. The molecule has 0 spiro atoms. The number of ether oxygens (including phenoxy) is 1. The molecule has 0 radical (unpaired) electrons. The van der Waals surface area contributed by atoms with Crippen LogP contribution in [0.15, 0.2) is 109 Å². The number of benzene rings is 2. The van der Waals surface area contributed by atoms with E-state index < -0.39 is 173 Å². The monoisotopic (exact) mass is 1960 g/mol. The van der Waals surface area contributed by atoms with Gasteiger partial charge in [-0.25, -0.2) is 19.7 Å². The van der Waals surface area contributed by atoms with Crippen LogP contribution in [0.3, 0.4) is 0 Å². The number of imidazole rings is 1. The maximum atomic E-state index is 14.4. The number of fused-ring (bicyclic) bond motifs is 8. The molecular weight excluding hydrogens is 1850 g/mol. The van der Waals surface area contributed by atoms with Gasteiger partial charge in [0, 0.05) is 143 Å². The number of aromatic hydroxyl groups is 1. The number of nitrogen functional groups attached to an aromatic ring is 1. The molecule has 45 nitrogen and oxygen atoms in total. The molecule has 10 heterocycles. The molecule has 0 saturated carbocycles. The molecule has 8 amide bonds. The SMILES string of the molecule is C/C1=C2/[N-][C@H]([C@H](CC(N)=O)[C@@]2(C)CCC(=O)NC[C@H](C)OP(=O)([O-])O[C@H]2[C@@H](O)[C@@H](n3cnc4cc(C)c(C)cc43)O[C@@H]2CO)[C@]2(C)N=C(/C(C)=C3N=C(/C=C4N=C1[C@@H](CCC(N)=O)C\4(C)C)[C@@H](CCC(N)=O)[C@]\3(C)CC(N)=O)[C@@H](CCC(N)=O)[C@]2(C)CC(N)=O.Cc1ncc(CO)c(CO)c1O.Nc1nc2ncc(CNc3ccc(C(=O)N[C@@H](CCC(=O)O)C(=O)O)cc3)nc2c(=O)[nH]1.[C-]#N.[Co+3]. The van der Waals surface area contributed by atoms with Crippen LogP contribution in [0.1, 0.15) is 196 Å². The van der Waals surface area contributed by atoms with Crippen molar-refractivity contribution in [2.75, 3.05) is 24.2 Å². The van der Waals surface area contributed by atoms with Gasteiger partial charge < -0.3 is 132 Å². The molecule has 8 bridgehead atoms. The van der Waals surface area contributed by atoms with E-state index in [-0.39, 0.29) is 155 Å². The van der Waals surface area contributed by atoms with E-state index in [4.69, 9.17) is 106 Å². The number of phosphoric ester groups is 1. The van der Waals surface area contributed by atoms with Crippen molar-refractivity contribution in [2.45, 2.75) is 235 Å². The molecule has 6 aliphatic heterocycles. The molecule has 47 heteroatoms. The maximum absolute atomic E-state index is 14.4. The average Bonchev–Trinajstić information content (AvgIpc) is 1.52. The Labute approximate surface area is 798 Å². The Hall–Kier alpha value is -12.7. The molecule has 4 aromatic heterocycles. The van der Waals surface area contributed by atoms with Crippen LogP contribution in [0, 0.1) is 77.9 Å². The van der Waals surface area contributed by atoms with Crippen molar-refractivity contribution in [3.8, 4) is 5.75 Å². The van der Waals surface area contributed by atoms with Crippen LogP contribution < -0.4 is 66.5 Å². The van der Waals surface area contributed by atoms with Gasteiger partial charge in [0.05, 0.1) is 78.7 Å². The summed E-state index contributed by atoms with van der Waals surface area (Å²) in [5.74, 6) is -10.6. The van der Waals surface area contributed by atoms with E-state index in [0.29, 0.717) is 84.6 Å². The first-order valence-electron chi connectivity index (χ1n) is 43.6. The summed E-state index contributed by atoms with van der Waals surface area (Å²) < 4.78 is 31.9. The molecule has 740 valence electrons. The Bertz CT molecular complexity index is 5980. The number of phosphoric acid groups is 1. The molecular formula is C90H118CoN22O23P. The topological polar surface area (TPSA) is 776 Å². The summed E-state index contributed by atoms with van der Waals surface area (Å²) in [6.45, 7) is 25.1. The number of H-pyrrole nitrogens is 1. The van der Waals surface area contributed by atoms with Gasteiger partial charge in [-0.3, -0.25) is 77.5 Å². The zero-order chi connectivity index (χ0) is 101. The number of nitrogens with one attached hydrogen (secondary N) is 4. The van der Waals surface area contributed by atoms with E-state index in [1.54, 1.807) is 26.0 Å². The first-order chi connectivity index (χ1) is 63.8. The summed E-state index contributed by atoms with van der Waals surface area (Å²) in [5.41, 5.74) is 44.4. The van der Waals surface area contributed by atoms with E-state index in [9.17, 15) is 77.5 Å². The predicted molar refractivity (Wildman–Crippen MR) is 491 cm³/mol. The van der Waals surface area contributed by atoms with E-state index >= 15 is 0 Å². The van der Waals surface area contributed by atoms with E-state index in [0.717, 1.165) is 11.1 Å². The second-order valence-electron chi connectivity index (χ2n) is 36.2. The molecule has 1 unspecified atom stereocenters. The minimum atomic E-state index is -5.32. The first-order valence-corrected chi connectivity index (χ1v) is 45.1. The van der Waals surface area contributed by atoms with Crippen LogP contribution in [0.2, 0.25) is 0 Å². The van der Waals surface area contributed by atoms with Crippen LogP contribution in [-0.4, -0.2) is 202 Å². The van der Waals surface area contributed by atoms with Gasteiger partial charge in [0.15, 0.2) is 17.4 Å². The molecule has 2 fully saturated rings. The Morgan fingerprint density at radius 3 is 1.96 bits per heavy atom. The standard InChI is InChI=1S/C62H90N13O14P.C19H19N7O6.C8H11NO3.CN.Co/c1-29-20-39-40(21-30(29)2)75(28-70-39)57-52(84)53(41(27-76)87-57)89-90(85,86)88-31(3)26-69-49(83)18-19-59(8)37(22-46(66)80)56-62(11)61(10,25-48(68)82)36(14-17-45(65)79)51(74-62)33(5)55-60(9,24-47(67)81)34(12-15-43(63)77)38(71-55)23-42-58(6,7)35(13-16-44(64)78)50(72-42)32(4)54(59)73-56;20-19-25-15-14(17(30)26-19)23-11(8-22-15)7-21-10-3-1-9(2-4-10)16(29)24-12(18(31)32)5-6-13(27)28;1-5-8(12)7(4-11)6(3-10)2-9-5;1-2;/h20-21,23,28,31,34-37,41,52-53,56-57,76,84H,12-19,22,24-27H2,1-11H3,(H15,63,64,65,66,67,68,69,71,72,73,74,77,78,79,80,81,82,83,85,86);1-4,8,12,21H,5-7H2,(H,24,29)(H,27,28)(H,31,32)(H3,20,22,25,26,30);2,10-12H,3-4H2,1H3;;/q;;;-1;+3/p-2/t31-,34+,35+,36+,37-,41+,52+,53+,56+,57-,59+,60-,61-,62-;12-;;;/m00.../s1. The molecule has 6 aliphatic rings. The number of aromatic nitrogens is 7. The Kier molecular flexibility index (Phi) is 36.1. The van der Waals surface area contributed by atoms with Gasteiger partial charge in [-0.05, 0) is 157 Å². The summed E-state index contributed by atoms with van der Waals surface area (Å²) in [4.78, 5) is 192. The number of nitrogens with zero attached hydrogens (tertiary/aromatic N) is 11. The predicted octanol–water partition coefficient (Wildman–Crippen LogP) is 3.44. The number of aliphatic imine (C=N–C) groups is 3. The number of aliphatic carboxylic acids is 2. The third-order valence-electron chi connectivity index (χ3n) is 26.6. The number of allylic oxidation sites excluding steroid dienone is 6. The summed E-state index contributed by atoms with van der Waals surface area (Å²) in [6.07, 6.45) is -2.50. The number of rotatable bonds is 37. The molecule has 16 atom stereocenters. The summed E-state index contributed by atoms with van der Waals surface area (Å²) >= 11 is 0. The van der Waals surface area contributed by atoms with E-state index in [1.807, 2.05) is 80.5 Å². The molecule has 25 N–H and O–H groups in total. The van der Waals surface area contributed by atoms with Crippen molar-refractivity contribution in [3.05, 3.63) is 151 Å². The second-order valence-corrected chi connectivity index (χ2v) is 37.5. The summed E-state index contributed by atoms with van der Waals surface area (Å²) in [5, 5.41) is 86.6. The number of primary amides is 6. The van der Waals surface area contributed by atoms with Crippen molar-refractivity contribution >= 4 is 118 Å². The number of hydrogen-bond donors (Lipinski definition) is 18.